The fourth-order valence-electron chi connectivity index (χ4n) is 3.60. The molecule has 0 radical (unpaired) electrons. The molecule has 0 bridgehead atoms. The van der Waals surface area contributed by atoms with Gasteiger partial charge in [-0.3, -0.25) is 9.59 Å². The molecule has 3 rings (SSSR count). The van der Waals surface area contributed by atoms with Gasteiger partial charge in [-0.05, 0) is 30.9 Å². The minimum absolute atomic E-state index is 0.000629. The van der Waals surface area contributed by atoms with Gasteiger partial charge in [-0.2, -0.15) is 0 Å². The number of hydrogen-bond donors (Lipinski definition) is 1. The van der Waals surface area contributed by atoms with Crippen LogP contribution >= 0.6 is 0 Å². The van der Waals surface area contributed by atoms with E-state index in [0.29, 0.717) is 25.9 Å². The van der Waals surface area contributed by atoms with E-state index in [-0.39, 0.29) is 17.4 Å². The summed E-state index contributed by atoms with van der Waals surface area (Å²) in [5.74, 6) is -3.51. The molecular formula is C17H19F2NO3. The Bertz CT molecular complexity index is 628. The first kappa shape index (κ1) is 15.9. The van der Waals surface area contributed by atoms with Crippen LogP contribution in [0.2, 0.25) is 0 Å². The van der Waals surface area contributed by atoms with Crippen LogP contribution in [0.4, 0.5) is 8.78 Å². The van der Waals surface area contributed by atoms with Gasteiger partial charge in [-0.25, -0.2) is 8.78 Å². The van der Waals surface area contributed by atoms with Crippen molar-refractivity contribution in [1.29, 1.82) is 0 Å². The zero-order valence-corrected chi connectivity index (χ0v) is 12.8. The second kappa shape index (κ2) is 5.91. The highest BCUT2D eigenvalue weighted by Crippen LogP contribution is 2.50. The van der Waals surface area contributed by atoms with Crippen molar-refractivity contribution < 1.29 is 23.5 Å². The van der Waals surface area contributed by atoms with Gasteiger partial charge < -0.3 is 10.0 Å². The van der Waals surface area contributed by atoms with Crippen LogP contribution in [0.3, 0.4) is 0 Å². The second-order valence-electron chi connectivity index (χ2n) is 6.58. The molecular weight excluding hydrogens is 304 g/mol. The summed E-state index contributed by atoms with van der Waals surface area (Å²) in [5, 5.41) is 9.12. The predicted molar refractivity (Wildman–Crippen MR) is 78.7 cm³/mol. The summed E-state index contributed by atoms with van der Waals surface area (Å²) in [6, 6.07) is 3.73. The van der Waals surface area contributed by atoms with E-state index in [1.165, 1.54) is 18.2 Å². The van der Waals surface area contributed by atoms with Crippen molar-refractivity contribution in [2.75, 3.05) is 13.1 Å². The lowest BCUT2D eigenvalue weighted by molar-refractivity contribution is -0.148. The van der Waals surface area contributed by atoms with Gasteiger partial charge in [0, 0.05) is 30.5 Å². The van der Waals surface area contributed by atoms with Crippen molar-refractivity contribution in [2.45, 2.75) is 25.7 Å². The van der Waals surface area contributed by atoms with Crippen LogP contribution in [-0.4, -0.2) is 35.0 Å². The highest BCUT2D eigenvalue weighted by molar-refractivity contribution is 5.83. The molecule has 1 aromatic rings. The zero-order chi connectivity index (χ0) is 16.7. The fourth-order valence-corrected chi connectivity index (χ4v) is 3.60. The molecule has 1 amide bonds. The molecule has 1 aliphatic heterocycles. The maximum atomic E-state index is 13.8. The van der Waals surface area contributed by atoms with Crippen molar-refractivity contribution >= 4 is 11.9 Å². The van der Waals surface area contributed by atoms with E-state index in [1.54, 1.807) is 4.90 Å². The lowest BCUT2D eigenvalue weighted by atomic mass is 9.87. The number of likely N-dealkylation sites (tertiary alicyclic amines) is 1. The van der Waals surface area contributed by atoms with E-state index < -0.39 is 35.4 Å². The van der Waals surface area contributed by atoms with Gasteiger partial charge in [-0.1, -0.05) is 13.0 Å². The minimum atomic E-state index is -0.831. The summed E-state index contributed by atoms with van der Waals surface area (Å²) in [5.41, 5.74) is -0.000629. The molecule has 2 fully saturated rings. The first-order valence-corrected chi connectivity index (χ1v) is 7.85. The maximum absolute atomic E-state index is 13.8. The third-order valence-corrected chi connectivity index (χ3v) is 5.01. The molecule has 0 spiro atoms. The number of rotatable bonds is 3. The summed E-state index contributed by atoms with van der Waals surface area (Å²) in [6.45, 7) is 2.60. The third-order valence-electron chi connectivity index (χ3n) is 5.01. The van der Waals surface area contributed by atoms with Crippen molar-refractivity contribution in [1.82, 2.24) is 4.90 Å². The summed E-state index contributed by atoms with van der Waals surface area (Å²) in [6.07, 6.45) is 0.873. The van der Waals surface area contributed by atoms with Gasteiger partial charge in [0.05, 0.1) is 5.92 Å². The summed E-state index contributed by atoms with van der Waals surface area (Å²) >= 11 is 0. The van der Waals surface area contributed by atoms with E-state index >= 15 is 0 Å². The Morgan fingerprint density at radius 2 is 1.87 bits per heavy atom. The van der Waals surface area contributed by atoms with Crippen LogP contribution in [0.1, 0.15) is 31.2 Å². The molecule has 124 valence electrons. The zero-order valence-electron chi connectivity index (χ0n) is 12.8. The van der Waals surface area contributed by atoms with Gasteiger partial charge in [0.2, 0.25) is 5.91 Å². The fraction of sp³-hybridized carbons (Fsp3) is 0.529. The maximum Gasteiger partial charge on any atom is 0.306 e. The Morgan fingerprint density at radius 1 is 1.22 bits per heavy atom. The monoisotopic (exact) mass is 323 g/mol. The Labute approximate surface area is 133 Å². The number of piperidine rings is 1. The SMILES string of the molecule is CC1CN(C(=O)C2CC2c2c(F)cccc2F)CCC1C(=O)O. The van der Waals surface area contributed by atoms with Crippen LogP contribution in [0.5, 0.6) is 0 Å². The van der Waals surface area contributed by atoms with Crippen LogP contribution < -0.4 is 0 Å². The lowest BCUT2D eigenvalue weighted by Gasteiger charge is -2.35. The number of carboxylic acid groups (broad SMARTS) is 1. The Balaban J connectivity index is 1.66. The van der Waals surface area contributed by atoms with Crippen LogP contribution in [-0.2, 0) is 9.59 Å². The van der Waals surface area contributed by atoms with Gasteiger partial charge in [0.25, 0.3) is 0 Å². The molecule has 1 saturated heterocycles. The highest BCUT2D eigenvalue weighted by Gasteiger charge is 2.49. The molecule has 1 saturated carbocycles. The number of nitrogens with zero attached hydrogens (tertiary/aromatic N) is 1. The topological polar surface area (TPSA) is 57.6 Å². The summed E-state index contributed by atoms with van der Waals surface area (Å²) in [4.78, 5) is 25.3. The largest absolute Gasteiger partial charge is 0.481 e. The van der Waals surface area contributed by atoms with Crippen molar-refractivity contribution in [3.05, 3.63) is 35.4 Å². The number of carbonyl (C=O) groups excluding carboxylic acids is 1. The Morgan fingerprint density at radius 3 is 2.43 bits per heavy atom. The third kappa shape index (κ3) is 2.94. The minimum Gasteiger partial charge on any atom is -0.481 e. The van der Waals surface area contributed by atoms with Gasteiger partial charge in [-0.15, -0.1) is 0 Å². The standard InChI is InChI=1S/C17H19F2NO3/c1-9-8-20(6-5-10(9)17(22)23)16(21)12-7-11(12)15-13(18)3-2-4-14(15)19/h2-4,9-12H,5-8H2,1H3,(H,22,23). The van der Waals surface area contributed by atoms with Crippen molar-refractivity contribution in [3.8, 4) is 0 Å². The first-order chi connectivity index (χ1) is 10.9. The van der Waals surface area contributed by atoms with E-state index in [2.05, 4.69) is 0 Å². The molecule has 6 heteroatoms. The molecule has 23 heavy (non-hydrogen) atoms. The number of halogens is 2. The molecule has 1 aliphatic carbocycles. The number of amides is 1. The van der Waals surface area contributed by atoms with Crippen LogP contribution in [0.25, 0.3) is 0 Å². The molecule has 1 N–H and O–H groups in total. The number of benzene rings is 1. The highest BCUT2D eigenvalue weighted by atomic mass is 19.1. The number of carbonyl (C=O) groups is 2. The number of aliphatic carboxylic acids is 1. The predicted octanol–water partition coefficient (Wildman–Crippen LogP) is 2.64. The second-order valence-corrected chi connectivity index (χ2v) is 6.58. The Kier molecular flexibility index (Phi) is 4.08. The van der Waals surface area contributed by atoms with Gasteiger partial charge >= 0.3 is 5.97 Å². The van der Waals surface area contributed by atoms with Crippen LogP contribution in [0.15, 0.2) is 18.2 Å². The molecule has 4 atom stereocenters. The molecule has 0 aromatic heterocycles. The number of carboxylic acids is 1. The summed E-state index contributed by atoms with van der Waals surface area (Å²) in [7, 11) is 0. The van der Waals surface area contributed by atoms with Crippen molar-refractivity contribution in [2.24, 2.45) is 17.8 Å². The quantitative estimate of drug-likeness (QED) is 0.930. The first-order valence-electron chi connectivity index (χ1n) is 7.85. The summed E-state index contributed by atoms with van der Waals surface area (Å²) < 4.78 is 27.6. The van der Waals surface area contributed by atoms with E-state index in [0.717, 1.165) is 0 Å². The molecule has 2 aliphatic rings. The van der Waals surface area contributed by atoms with Crippen LogP contribution in [0, 0.1) is 29.4 Å². The Hall–Kier alpha value is -1.98. The smallest absolute Gasteiger partial charge is 0.306 e. The van der Waals surface area contributed by atoms with Gasteiger partial charge in [0.1, 0.15) is 11.6 Å². The molecule has 1 aromatic carbocycles. The molecule has 4 nitrogen and oxygen atoms in total. The molecule has 4 unspecified atom stereocenters. The van der Waals surface area contributed by atoms with E-state index in [9.17, 15) is 18.4 Å². The van der Waals surface area contributed by atoms with Crippen molar-refractivity contribution in [3.63, 3.8) is 0 Å². The van der Waals surface area contributed by atoms with Gasteiger partial charge in [0.15, 0.2) is 0 Å². The number of hydrogen-bond acceptors (Lipinski definition) is 2. The van der Waals surface area contributed by atoms with E-state index in [4.69, 9.17) is 5.11 Å². The molecule has 1 heterocycles. The van der Waals surface area contributed by atoms with E-state index in [1.807, 2.05) is 6.92 Å². The lowest BCUT2D eigenvalue weighted by Crippen LogP contribution is -2.45. The normalized spacial score (nSPS) is 30.1. The average molecular weight is 323 g/mol. The average Bonchev–Trinajstić information content (AvgIpc) is 3.26.